The first kappa shape index (κ1) is 21.2. The van der Waals surface area contributed by atoms with Crippen molar-refractivity contribution in [2.45, 2.75) is 77.6 Å². The van der Waals surface area contributed by atoms with Gasteiger partial charge in [-0.05, 0) is 30.6 Å². The molecule has 0 saturated heterocycles. The Hall–Kier alpha value is -1.83. The number of allylic oxidation sites excluding steroid dienone is 1. The minimum atomic E-state index is -0.330. The van der Waals surface area contributed by atoms with Crippen LogP contribution in [0.15, 0.2) is 48.7 Å². The Morgan fingerprint density at radius 3 is 2.12 bits per heavy atom. The zero-order valence-electron chi connectivity index (χ0n) is 15.8. The van der Waals surface area contributed by atoms with Crippen molar-refractivity contribution in [2.24, 2.45) is 0 Å². The highest BCUT2D eigenvalue weighted by atomic mass is 16.5. The van der Waals surface area contributed by atoms with Crippen molar-refractivity contribution in [3.63, 3.8) is 0 Å². The van der Waals surface area contributed by atoms with Crippen LogP contribution in [0.2, 0.25) is 0 Å². The smallest absolute Gasteiger partial charge is 0.335 e. The zero-order valence-corrected chi connectivity index (χ0v) is 15.8. The monoisotopic (exact) mass is 342 g/mol. The average molecular weight is 343 g/mol. The Morgan fingerprint density at radius 1 is 0.880 bits per heavy atom. The minimum absolute atomic E-state index is 0.330. The molecule has 0 bridgehead atoms. The van der Waals surface area contributed by atoms with Gasteiger partial charge in [-0.3, -0.25) is 0 Å². The maximum atomic E-state index is 11.6. The molecule has 1 aromatic carbocycles. The van der Waals surface area contributed by atoms with Gasteiger partial charge in [-0.2, -0.15) is 0 Å². The van der Waals surface area contributed by atoms with Crippen LogP contribution in [0, 0.1) is 0 Å². The molecule has 0 amide bonds. The number of carbonyl (C=O) groups is 1. The van der Waals surface area contributed by atoms with Gasteiger partial charge in [0.05, 0.1) is 6.26 Å². The van der Waals surface area contributed by atoms with Crippen LogP contribution >= 0.6 is 0 Å². The molecule has 0 atom stereocenters. The molecule has 138 valence electrons. The second kappa shape index (κ2) is 15.7. The van der Waals surface area contributed by atoms with E-state index in [1.807, 2.05) is 36.4 Å². The molecular weight excluding hydrogens is 308 g/mol. The summed E-state index contributed by atoms with van der Waals surface area (Å²) < 4.78 is 5.05. The fraction of sp³-hybridized carbons (Fsp3) is 0.522. The lowest BCUT2D eigenvalue weighted by atomic mass is 10.1. The standard InChI is InChI=1S/C23H34O2/c1-2-3-4-5-6-7-8-9-10-11-12-16-21-25-23(24)20-19-22-17-14-13-15-18-22/h13-21H,2-12H2,1H3. The summed E-state index contributed by atoms with van der Waals surface area (Å²) in [7, 11) is 0. The largest absolute Gasteiger partial charge is 0.432 e. The number of esters is 1. The summed E-state index contributed by atoms with van der Waals surface area (Å²) in [5, 5.41) is 0. The second-order valence-electron chi connectivity index (χ2n) is 6.52. The molecule has 2 heteroatoms. The summed E-state index contributed by atoms with van der Waals surface area (Å²) in [6.07, 6.45) is 21.1. The molecule has 0 radical (unpaired) electrons. The summed E-state index contributed by atoms with van der Waals surface area (Å²) in [6, 6.07) is 9.73. The molecule has 0 aliphatic carbocycles. The maximum absolute atomic E-state index is 11.6. The molecule has 0 N–H and O–H groups in total. The van der Waals surface area contributed by atoms with Crippen molar-refractivity contribution in [3.8, 4) is 0 Å². The molecule has 0 heterocycles. The number of unbranched alkanes of at least 4 members (excludes halogenated alkanes) is 10. The van der Waals surface area contributed by atoms with Crippen molar-refractivity contribution in [2.75, 3.05) is 0 Å². The predicted octanol–water partition coefficient (Wildman–Crippen LogP) is 7.07. The number of hydrogen-bond acceptors (Lipinski definition) is 2. The third-order valence-electron chi connectivity index (χ3n) is 4.22. The Labute approximate surface area is 154 Å². The molecule has 2 nitrogen and oxygen atoms in total. The van der Waals surface area contributed by atoms with E-state index in [2.05, 4.69) is 6.92 Å². The van der Waals surface area contributed by atoms with Gasteiger partial charge in [0.15, 0.2) is 0 Å². The minimum Gasteiger partial charge on any atom is -0.432 e. The van der Waals surface area contributed by atoms with Crippen molar-refractivity contribution in [3.05, 3.63) is 54.3 Å². The number of hydrogen-bond donors (Lipinski definition) is 0. The Balaban J connectivity index is 1.93. The molecule has 0 saturated carbocycles. The van der Waals surface area contributed by atoms with E-state index in [9.17, 15) is 4.79 Å². The van der Waals surface area contributed by atoms with Gasteiger partial charge in [0.2, 0.25) is 0 Å². The summed E-state index contributed by atoms with van der Waals surface area (Å²) in [4.78, 5) is 11.6. The van der Waals surface area contributed by atoms with Crippen molar-refractivity contribution in [1.82, 2.24) is 0 Å². The molecule has 0 spiro atoms. The molecule has 0 aromatic heterocycles. The Kier molecular flexibility index (Phi) is 13.3. The van der Waals surface area contributed by atoms with Crippen molar-refractivity contribution >= 4 is 12.0 Å². The zero-order chi connectivity index (χ0) is 18.0. The topological polar surface area (TPSA) is 26.3 Å². The van der Waals surface area contributed by atoms with Crippen LogP contribution in [0.5, 0.6) is 0 Å². The van der Waals surface area contributed by atoms with Gasteiger partial charge < -0.3 is 4.74 Å². The molecule has 0 unspecified atom stereocenters. The molecule has 25 heavy (non-hydrogen) atoms. The Bertz CT molecular complexity index is 488. The van der Waals surface area contributed by atoms with E-state index in [4.69, 9.17) is 4.74 Å². The summed E-state index contributed by atoms with van der Waals surface area (Å²) in [5.74, 6) is -0.330. The van der Waals surface area contributed by atoms with Gasteiger partial charge in [-0.1, -0.05) is 95.0 Å². The van der Waals surface area contributed by atoms with Gasteiger partial charge in [-0.15, -0.1) is 0 Å². The van der Waals surface area contributed by atoms with Crippen LogP contribution in [-0.2, 0) is 9.53 Å². The van der Waals surface area contributed by atoms with Crippen molar-refractivity contribution < 1.29 is 9.53 Å². The van der Waals surface area contributed by atoms with E-state index in [1.165, 1.54) is 76.5 Å². The molecule has 0 aliphatic rings. The first-order valence-electron chi connectivity index (χ1n) is 9.91. The van der Waals surface area contributed by atoms with Crippen LogP contribution in [0.1, 0.15) is 83.1 Å². The molecule has 0 fully saturated rings. The SMILES string of the molecule is CCCCCCCCCCCCC=COC(=O)C=Cc1ccccc1. The van der Waals surface area contributed by atoms with E-state index >= 15 is 0 Å². The molecule has 1 aromatic rings. The normalized spacial score (nSPS) is 11.4. The van der Waals surface area contributed by atoms with Gasteiger partial charge in [0, 0.05) is 6.08 Å². The summed E-state index contributed by atoms with van der Waals surface area (Å²) in [5.41, 5.74) is 0.994. The number of rotatable bonds is 14. The summed E-state index contributed by atoms with van der Waals surface area (Å²) >= 11 is 0. The van der Waals surface area contributed by atoms with Gasteiger partial charge in [0.25, 0.3) is 0 Å². The third kappa shape index (κ3) is 13.2. The Morgan fingerprint density at radius 2 is 1.48 bits per heavy atom. The summed E-state index contributed by atoms with van der Waals surface area (Å²) in [6.45, 7) is 2.26. The highest BCUT2D eigenvalue weighted by Gasteiger charge is 1.94. The van der Waals surface area contributed by atoms with Gasteiger partial charge in [0.1, 0.15) is 0 Å². The molecule has 1 rings (SSSR count). The van der Waals surface area contributed by atoms with E-state index in [-0.39, 0.29) is 5.97 Å². The molecular formula is C23H34O2. The highest BCUT2D eigenvalue weighted by molar-refractivity contribution is 5.87. The average Bonchev–Trinajstić information content (AvgIpc) is 2.64. The maximum Gasteiger partial charge on any atom is 0.335 e. The lowest BCUT2D eigenvalue weighted by Gasteiger charge is -2.01. The van der Waals surface area contributed by atoms with E-state index in [0.29, 0.717) is 0 Å². The van der Waals surface area contributed by atoms with E-state index in [1.54, 1.807) is 6.08 Å². The van der Waals surface area contributed by atoms with Crippen LogP contribution in [0.3, 0.4) is 0 Å². The second-order valence-corrected chi connectivity index (χ2v) is 6.52. The van der Waals surface area contributed by atoms with Gasteiger partial charge in [-0.25, -0.2) is 4.79 Å². The van der Waals surface area contributed by atoms with E-state index in [0.717, 1.165) is 12.0 Å². The van der Waals surface area contributed by atoms with E-state index < -0.39 is 0 Å². The van der Waals surface area contributed by atoms with Crippen LogP contribution in [0.4, 0.5) is 0 Å². The first-order chi connectivity index (χ1) is 12.3. The van der Waals surface area contributed by atoms with Crippen LogP contribution in [0.25, 0.3) is 6.08 Å². The fourth-order valence-corrected chi connectivity index (χ4v) is 2.70. The number of benzene rings is 1. The van der Waals surface area contributed by atoms with Crippen LogP contribution in [-0.4, -0.2) is 5.97 Å². The van der Waals surface area contributed by atoms with Crippen molar-refractivity contribution in [1.29, 1.82) is 0 Å². The molecule has 0 aliphatic heterocycles. The number of carbonyl (C=O) groups excluding carboxylic acids is 1. The number of ether oxygens (including phenoxy) is 1. The third-order valence-corrected chi connectivity index (χ3v) is 4.22. The fourth-order valence-electron chi connectivity index (χ4n) is 2.70. The quantitative estimate of drug-likeness (QED) is 0.156. The lowest BCUT2D eigenvalue weighted by Crippen LogP contribution is -1.93. The van der Waals surface area contributed by atoms with Gasteiger partial charge >= 0.3 is 5.97 Å². The first-order valence-corrected chi connectivity index (χ1v) is 9.91. The van der Waals surface area contributed by atoms with Crippen LogP contribution < -0.4 is 0 Å². The highest BCUT2D eigenvalue weighted by Crippen LogP contribution is 2.11. The lowest BCUT2D eigenvalue weighted by molar-refractivity contribution is -0.132. The predicted molar refractivity (Wildman–Crippen MR) is 107 cm³/mol.